The van der Waals surface area contributed by atoms with Crippen molar-refractivity contribution < 1.29 is 4.79 Å². The Balaban J connectivity index is 1.24. The molecule has 0 spiro atoms. The van der Waals surface area contributed by atoms with Gasteiger partial charge in [0.1, 0.15) is 0 Å². The quantitative estimate of drug-likeness (QED) is 0.484. The third-order valence-electron chi connectivity index (χ3n) is 4.74. The first-order chi connectivity index (χ1) is 13.7. The predicted octanol–water partition coefficient (Wildman–Crippen LogP) is 3.47. The molecule has 7 nitrogen and oxygen atoms in total. The fraction of sp³-hybridized carbons (Fsp3) is 0.238. The number of carbonyl (C=O) groups excluding carboxylic acids is 1. The molecule has 2 aromatic heterocycles. The average molecular weight is 375 g/mol. The number of aromatic amines is 1. The predicted molar refractivity (Wildman–Crippen MR) is 109 cm³/mol. The van der Waals surface area contributed by atoms with E-state index in [0.29, 0.717) is 23.9 Å². The maximum Gasteiger partial charge on any atom is 0.261 e. The number of hydrogen-bond donors (Lipinski definition) is 2. The third-order valence-corrected chi connectivity index (χ3v) is 4.74. The SMILES string of the molecule is O=C(CCCCCn1cnc2ccccc2c1=O)Nc1ccc2nc[nH]c2c1. The smallest absolute Gasteiger partial charge is 0.261 e. The van der Waals surface area contributed by atoms with Gasteiger partial charge in [0.25, 0.3) is 5.56 Å². The van der Waals surface area contributed by atoms with Crippen molar-refractivity contribution in [2.24, 2.45) is 0 Å². The second kappa shape index (κ2) is 8.04. The number of benzene rings is 2. The lowest BCUT2D eigenvalue weighted by atomic mass is 10.1. The van der Waals surface area contributed by atoms with E-state index >= 15 is 0 Å². The molecule has 0 bridgehead atoms. The second-order valence-electron chi connectivity index (χ2n) is 6.75. The molecule has 1 amide bonds. The van der Waals surface area contributed by atoms with Crippen molar-refractivity contribution in [3.63, 3.8) is 0 Å². The largest absolute Gasteiger partial charge is 0.345 e. The molecule has 0 saturated carbocycles. The molecule has 0 saturated heterocycles. The molecule has 142 valence electrons. The highest BCUT2D eigenvalue weighted by Gasteiger charge is 2.06. The highest BCUT2D eigenvalue weighted by atomic mass is 16.1. The van der Waals surface area contributed by atoms with Gasteiger partial charge in [-0.2, -0.15) is 0 Å². The van der Waals surface area contributed by atoms with Crippen molar-refractivity contribution in [3.8, 4) is 0 Å². The lowest BCUT2D eigenvalue weighted by molar-refractivity contribution is -0.116. The molecule has 28 heavy (non-hydrogen) atoms. The number of nitrogens with one attached hydrogen (secondary N) is 2. The van der Waals surface area contributed by atoms with E-state index in [0.717, 1.165) is 36.0 Å². The lowest BCUT2D eigenvalue weighted by Gasteiger charge is -2.07. The lowest BCUT2D eigenvalue weighted by Crippen LogP contribution is -2.20. The number of amides is 1. The Hall–Kier alpha value is -3.48. The van der Waals surface area contributed by atoms with Crippen LogP contribution in [0.25, 0.3) is 21.9 Å². The maximum atomic E-state index is 12.4. The van der Waals surface area contributed by atoms with Crippen LogP contribution in [0.2, 0.25) is 0 Å². The number of hydrogen-bond acceptors (Lipinski definition) is 4. The number of aromatic nitrogens is 4. The molecular formula is C21H21N5O2. The van der Waals surface area contributed by atoms with Crippen molar-refractivity contribution >= 4 is 33.5 Å². The molecule has 2 heterocycles. The zero-order valence-electron chi connectivity index (χ0n) is 15.4. The molecular weight excluding hydrogens is 354 g/mol. The summed E-state index contributed by atoms with van der Waals surface area (Å²) in [6, 6.07) is 12.9. The fourth-order valence-corrected chi connectivity index (χ4v) is 3.25. The first kappa shape index (κ1) is 17.9. The summed E-state index contributed by atoms with van der Waals surface area (Å²) in [4.78, 5) is 36.1. The molecule has 0 aliphatic carbocycles. The maximum absolute atomic E-state index is 12.4. The van der Waals surface area contributed by atoms with E-state index in [1.165, 1.54) is 0 Å². The Kier molecular flexibility index (Phi) is 5.14. The zero-order chi connectivity index (χ0) is 19.3. The minimum Gasteiger partial charge on any atom is -0.345 e. The molecule has 2 aromatic carbocycles. The summed E-state index contributed by atoms with van der Waals surface area (Å²) < 4.78 is 1.64. The van der Waals surface area contributed by atoms with Crippen LogP contribution in [0.5, 0.6) is 0 Å². The Bertz CT molecular complexity index is 1180. The Morgan fingerprint density at radius 1 is 1.04 bits per heavy atom. The minimum absolute atomic E-state index is 0.0107. The van der Waals surface area contributed by atoms with Crippen LogP contribution in [0.4, 0.5) is 5.69 Å². The van der Waals surface area contributed by atoms with Gasteiger partial charge in [0, 0.05) is 18.7 Å². The number of anilines is 1. The topological polar surface area (TPSA) is 92.7 Å². The van der Waals surface area contributed by atoms with E-state index in [1.807, 2.05) is 36.4 Å². The molecule has 0 unspecified atom stereocenters. The van der Waals surface area contributed by atoms with Gasteiger partial charge in [-0.1, -0.05) is 18.6 Å². The number of unbranched alkanes of at least 4 members (excludes halogenated alkanes) is 2. The van der Waals surface area contributed by atoms with Crippen LogP contribution in [0.15, 0.2) is 59.9 Å². The van der Waals surface area contributed by atoms with E-state index < -0.39 is 0 Å². The summed E-state index contributed by atoms with van der Waals surface area (Å²) in [5, 5.41) is 3.55. The average Bonchev–Trinajstić information content (AvgIpc) is 3.17. The van der Waals surface area contributed by atoms with Gasteiger partial charge in [-0.05, 0) is 43.2 Å². The van der Waals surface area contributed by atoms with Gasteiger partial charge in [0.05, 0.1) is 34.6 Å². The molecule has 4 rings (SSSR count). The van der Waals surface area contributed by atoms with Gasteiger partial charge >= 0.3 is 0 Å². The van der Waals surface area contributed by atoms with Crippen molar-refractivity contribution in [2.45, 2.75) is 32.2 Å². The van der Waals surface area contributed by atoms with E-state index in [4.69, 9.17) is 0 Å². The van der Waals surface area contributed by atoms with E-state index in [1.54, 1.807) is 23.3 Å². The summed E-state index contributed by atoms with van der Waals surface area (Å²) in [6.45, 7) is 0.606. The summed E-state index contributed by atoms with van der Waals surface area (Å²) in [5.41, 5.74) is 3.23. The molecule has 0 radical (unpaired) electrons. The van der Waals surface area contributed by atoms with Crippen LogP contribution in [0.1, 0.15) is 25.7 Å². The van der Waals surface area contributed by atoms with Gasteiger partial charge in [0.15, 0.2) is 0 Å². The number of rotatable bonds is 7. The Morgan fingerprint density at radius 3 is 2.86 bits per heavy atom. The first-order valence-electron chi connectivity index (χ1n) is 9.38. The molecule has 7 heteroatoms. The van der Waals surface area contributed by atoms with Crippen molar-refractivity contribution in [2.75, 3.05) is 5.32 Å². The molecule has 0 aliphatic heterocycles. The van der Waals surface area contributed by atoms with Gasteiger partial charge < -0.3 is 10.3 Å². The summed E-state index contributed by atoms with van der Waals surface area (Å²) >= 11 is 0. The summed E-state index contributed by atoms with van der Waals surface area (Å²) in [5.74, 6) is -0.0107. The van der Waals surface area contributed by atoms with Gasteiger partial charge in [0.2, 0.25) is 5.91 Å². The summed E-state index contributed by atoms with van der Waals surface area (Å²) in [6.07, 6.45) is 6.15. The van der Waals surface area contributed by atoms with E-state index in [-0.39, 0.29) is 11.5 Å². The highest BCUT2D eigenvalue weighted by Crippen LogP contribution is 2.16. The Morgan fingerprint density at radius 2 is 1.93 bits per heavy atom. The van der Waals surface area contributed by atoms with Gasteiger partial charge in [-0.3, -0.25) is 14.2 Å². The normalized spacial score (nSPS) is 11.1. The van der Waals surface area contributed by atoms with Gasteiger partial charge in [-0.25, -0.2) is 9.97 Å². The number of H-pyrrole nitrogens is 1. The van der Waals surface area contributed by atoms with Crippen LogP contribution in [0.3, 0.4) is 0 Å². The van der Waals surface area contributed by atoms with Crippen LogP contribution < -0.4 is 10.9 Å². The number of nitrogens with zero attached hydrogens (tertiary/aromatic N) is 3. The second-order valence-corrected chi connectivity index (χ2v) is 6.75. The minimum atomic E-state index is -0.0162. The molecule has 0 aliphatic rings. The molecule has 0 atom stereocenters. The van der Waals surface area contributed by atoms with E-state index in [2.05, 4.69) is 20.3 Å². The molecule has 2 N–H and O–H groups in total. The fourth-order valence-electron chi connectivity index (χ4n) is 3.25. The van der Waals surface area contributed by atoms with Crippen LogP contribution >= 0.6 is 0 Å². The van der Waals surface area contributed by atoms with E-state index in [9.17, 15) is 9.59 Å². The number of aryl methyl sites for hydroxylation is 1. The van der Waals surface area contributed by atoms with Gasteiger partial charge in [-0.15, -0.1) is 0 Å². The third kappa shape index (κ3) is 3.93. The van der Waals surface area contributed by atoms with Crippen molar-refractivity contribution in [1.82, 2.24) is 19.5 Å². The number of para-hydroxylation sites is 1. The summed E-state index contributed by atoms with van der Waals surface area (Å²) in [7, 11) is 0. The molecule has 4 aromatic rings. The Labute approximate surface area is 161 Å². The molecule has 0 fully saturated rings. The number of carbonyl (C=O) groups is 1. The van der Waals surface area contributed by atoms with Crippen LogP contribution in [-0.2, 0) is 11.3 Å². The standard InChI is InChI=1S/C21H21N5O2/c27-20(25-15-9-10-18-19(12-15)23-13-22-18)8-2-1-5-11-26-14-24-17-7-4-3-6-16(17)21(26)28/h3-4,6-7,9-10,12-14H,1-2,5,8,11H2,(H,22,23)(H,25,27). The van der Waals surface area contributed by atoms with Crippen LogP contribution in [-0.4, -0.2) is 25.4 Å². The number of fused-ring (bicyclic) bond motifs is 2. The van der Waals surface area contributed by atoms with Crippen molar-refractivity contribution in [1.29, 1.82) is 0 Å². The number of imidazole rings is 1. The van der Waals surface area contributed by atoms with Crippen LogP contribution in [0, 0.1) is 0 Å². The first-order valence-corrected chi connectivity index (χ1v) is 9.38. The zero-order valence-corrected chi connectivity index (χ0v) is 15.4. The highest BCUT2D eigenvalue weighted by molar-refractivity contribution is 5.92. The monoisotopic (exact) mass is 375 g/mol. The van der Waals surface area contributed by atoms with Crippen molar-refractivity contribution in [3.05, 3.63) is 65.5 Å².